The van der Waals surface area contributed by atoms with Crippen molar-refractivity contribution in [3.63, 3.8) is 0 Å². The van der Waals surface area contributed by atoms with E-state index in [0.717, 1.165) is 22.6 Å². The van der Waals surface area contributed by atoms with Crippen molar-refractivity contribution in [3.05, 3.63) is 48.3 Å². The molecule has 1 aromatic heterocycles. The van der Waals surface area contributed by atoms with Crippen molar-refractivity contribution in [3.8, 4) is 0 Å². The quantitative estimate of drug-likeness (QED) is 0.714. The number of hydrogen-bond acceptors (Lipinski definition) is 6. The molecule has 8 nitrogen and oxygen atoms in total. The van der Waals surface area contributed by atoms with Gasteiger partial charge in [0.25, 0.3) is 0 Å². The number of rotatable bonds is 6. The van der Waals surface area contributed by atoms with Gasteiger partial charge in [-0.15, -0.1) is 0 Å². The standard InChI is InChI=1S/C19H21F3N4O4S/c1-25(31(28,29)15-3-2-6-23-12-15)13-18(27)24-16-11-14(19(20,21)22)4-5-17(16)26-7-9-30-10-8-26/h2-6,11-12H,7-10,13H2,1H3,(H,24,27). The summed E-state index contributed by atoms with van der Waals surface area (Å²) in [7, 11) is -2.78. The first-order valence-corrected chi connectivity index (χ1v) is 10.7. The van der Waals surface area contributed by atoms with Crippen molar-refractivity contribution in [2.45, 2.75) is 11.1 Å². The second kappa shape index (κ2) is 9.20. The number of nitrogens with zero attached hydrogens (tertiary/aromatic N) is 3. The average molecular weight is 458 g/mol. The fourth-order valence-electron chi connectivity index (χ4n) is 3.05. The maximum Gasteiger partial charge on any atom is 0.416 e. The van der Waals surface area contributed by atoms with Gasteiger partial charge in [-0.05, 0) is 30.3 Å². The van der Waals surface area contributed by atoms with Crippen LogP contribution in [0.25, 0.3) is 0 Å². The Morgan fingerprint density at radius 1 is 1.26 bits per heavy atom. The Bertz CT molecular complexity index is 1030. The van der Waals surface area contributed by atoms with Crippen LogP contribution in [0.15, 0.2) is 47.6 Å². The minimum atomic E-state index is -4.59. The van der Waals surface area contributed by atoms with Crippen LogP contribution in [0.2, 0.25) is 0 Å². The molecule has 1 aliphatic heterocycles. The highest BCUT2D eigenvalue weighted by Crippen LogP contribution is 2.35. The Balaban J connectivity index is 1.82. The fourth-order valence-corrected chi connectivity index (χ4v) is 4.14. The minimum Gasteiger partial charge on any atom is -0.378 e. The van der Waals surface area contributed by atoms with E-state index in [9.17, 15) is 26.4 Å². The van der Waals surface area contributed by atoms with E-state index >= 15 is 0 Å². The maximum atomic E-state index is 13.2. The lowest BCUT2D eigenvalue weighted by Crippen LogP contribution is -2.38. The van der Waals surface area contributed by atoms with Gasteiger partial charge in [0.1, 0.15) is 4.90 Å². The molecule has 1 N–H and O–H groups in total. The summed E-state index contributed by atoms with van der Waals surface area (Å²) in [5.41, 5.74) is -0.563. The third kappa shape index (κ3) is 5.51. The molecular formula is C19H21F3N4O4S. The molecule has 1 aliphatic rings. The SMILES string of the molecule is CN(CC(=O)Nc1cc(C(F)(F)F)ccc1N1CCOCC1)S(=O)(=O)c1cccnc1. The Morgan fingerprint density at radius 2 is 1.97 bits per heavy atom. The lowest BCUT2D eigenvalue weighted by molar-refractivity contribution is -0.137. The Kier molecular flexibility index (Phi) is 6.82. The molecule has 0 radical (unpaired) electrons. The van der Waals surface area contributed by atoms with E-state index in [1.807, 2.05) is 0 Å². The number of anilines is 2. The third-order valence-electron chi connectivity index (χ3n) is 4.66. The molecule has 31 heavy (non-hydrogen) atoms. The zero-order chi connectivity index (χ0) is 22.6. The Labute approximate surface area is 177 Å². The molecule has 1 fully saturated rings. The number of nitrogens with one attached hydrogen (secondary N) is 1. The number of aromatic nitrogens is 1. The van der Waals surface area contributed by atoms with Gasteiger partial charge in [-0.25, -0.2) is 8.42 Å². The highest BCUT2D eigenvalue weighted by atomic mass is 32.2. The third-order valence-corrected chi connectivity index (χ3v) is 6.45. The number of morpholine rings is 1. The predicted octanol–water partition coefficient (Wildman–Crippen LogP) is 2.20. The summed E-state index contributed by atoms with van der Waals surface area (Å²) in [6.45, 7) is 1.12. The molecule has 0 bridgehead atoms. The van der Waals surface area contributed by atoms with Crippen LogP contribution in [-0.2, 0) is 25.7 Å². The predicted molar refractivity (Wildman–Crippen MR) is 107 cm³/mol. The molecule has 1 saturated heterocycles. The van der Waals surface area contributed by atoms with E-state index in [1.165, 1.54) is 31.4 Å². The van der Waals surface area contributed by atoms with Crippen LogP contribution in [0.4, 0.5) is 24.5 Å². The first-order valence-electron chi connectivity index (χ1n) is 9.29. The van der Waals surface area contributed by atoms with Crippen molar-refractivity contribution in [1.82, 2.24) is 9.29 Å². The number of carbonyl (C=O) groups excluding carboxylic acids is 1. The Hall–Kier alpha value is -2.70. The van der Waals surface area contributed by atoms with Crippen LogP contribution in [-0.4, -0.2) is 63.5 Å². The number of likely N-dealkylation sites (N-methyl/N-ethyl adjacent to an activating group) is 1. The highest BCUT2D eigenvalue weighted by Gasteiger charge is 2.32. The van der Waals surface area contributed by atoms with Gasteiger partial charge in [-0.1, -0.05) is 0 Å². The van der Waals surface area contributed by atoms with Crippen LogP contribution in [0.5, 0.6) is 0 Å². The van der Waals surface area contributed by atoms with Gasteiger partial charge in [0, 0.05) is 32.5 Å². The van der Waals surface area contributed by atoms with Crippen LogP contribution in [0.1, 0.15) is 5.56 Å². The van der Waals surface area contributed by atoms with Crippen molar-refractivity contribution in [2.75, 3.05) is 50.1 Å². The van der Waals surface area contributed by atoms with Crippen LogP contribution in [0, 0.1) is 0 Å². The van der Waals surface area contributed by atoms with E-state index in [1.54, 1.807) is 4.90 Å². The molecule has 2 aromatic rings. The minimum absolute atomic E-state index is 0.0473. The van der Waals surface area contributed by atoms with Gasteiger partial charge in [-0.3, -0.25) is 9.78 Å². The number of benzene rings is 1. The number of halogens is 3. The molecule has 0 unspecified atom stereocenters. The van der Waals surface area contributed by atoms with Crippen molar-refractivity contribution in [2.24, 2.45) is 0 Å². The number of amides is 1. The van der Waals surface area contributed by atoms with E-state index in [2.05, 4.69) is 10.3 Å². The van der Waals surface area contributed by atoms with E-state index in [0.29, 0.717) is 32.0 Å². The molecule has 2 heterocycles. The van der Waals surface area contributed by atoms with Gasteiger partial charge in [0.15, 0.2) is 0 Å². The summed E-state index contributed by atoms with van der Waals surface area (Å²) in [5.74, 6) is -0.774. The zero-order valence-electron chi connectivity index (χ0n) is 16.6. The molecule has 168 valence electrons. The molecule has 1 aromatic carbocycles. The van der Waals surface area contributed by atoms with Crippen LogP contribution < -0.4 is 10.2 Å². The number of ether oxygens (including phenoxy) is 1. The first kappa shape index (κ1) is 23.0. The number of pyridine rings is 1. The number of hydrogen-bond donors (Lipinski definition) is 1. The van der Waals surface area contributed by atoms with Crippen LogP contribution in [0.3, 0.4) is 0 Å². The van der Waals surface area contributed by atoms with Gasteiger partial charge < -0.3 is 15.0 Å². The largest absolute Gasteiger partial charge is 0.416 e. The molecule has 0 aliphatic carbocycles. The second-order valence-corrected chi connectivity index (χ2v) is 8.87. The topological polar surface area (TPSA) is 91.8 Å². The average Bonchev–Trinajstić information content (AvgIpc) is 2.74. The monoisotopic (exact) mass is 458 g/mol. The summed E-state index contributed by atoms with van der Waals surface area (Å²) in [5, 5.41) is 2.43. The summed E-state index contributed by atoms with van der Waals surface area (Å²) in [6, 6.07) is 5.86. The van der Waals surface area contributed by atoms with Crippen LogP contribution >= 0.6 is 0 Å². The molecule has 1 amide bonds. The molecular weight excluding hydrogens is 437 g/mol. The summed E-state index contributed by atoms with van der Waals surface area (Å²) in [6.07, 6.45) is -2.04. The van der Waals surface area contributed by atoms with Crippen molar-refractivity contribution >= 4 is 27.3 Å². The van der Waals surface area contributed by atoms with Gasteiger partial charge in [0.05, 0.1) is 36.7 Å². The van der Waals surface area contributed by atoms with Gasteiger partial charge in [0.2, 0.25) is 15.9 Å². The molecule has 12 heteroatoms. The van der Waals surface area contributed by atoms with Gasteiger partial charge >= 0.3 is 6.18 Å². The van der Waals surface area contributed by atoms with E-state index in [4.69, 9.17) is 4.74 Å². The molecule has 3 rings (SSSR count). The number of carbonyl (C=O) groups is 1. The fraction of sp³-hybridized carbons (Fsp3) is 0.368. The molecule has 0 atom stereocenters. The van der Waals surface area contributed by atoms with Gasteiger partial charge in [-0.2, -0.15) is 17.5 Å². The lowest BCUT2D eigenvalue weighted by Gasteiger charge is -2.31. The summed E-state index contributed by atoms with van der Waals surface area (Å²) >= 11 is 0. The maximum absolute atomic E-state index is 13.2. The summed E-state index contributed by atoms with van der Waals surface area (Å²) < 4.78 is 70.8. The van der Waals surface area contributed by atoms with Crippen molar-refractivity contribution in [1.29, 1.82) is 0 Å². The second-order valence-electron chi connectivity index (χ2n) is 6.83. The Morgan fingerprint density at radius 3 is 2.58 bits per heavy atom. The summed E-state index contributed by atoms with van der Waals surface area (Å²) in [4.78, 5) is 18.0. The van der Waals surface area contributed by atoms with Crippen molar-refractivity contribution < 1.29 is 31.1 Å². The molecule has 0 spiro atoms. The first-order chi connectivity index (χ1) is 14.6. The number of alkyl halides is 3. The number of sulfonamides is 1. The lowest BCUT2D eigenvalue weighted by atomic mass is 10.1. The van der Waals surface area contributed by atoms with E-state index < -0.39 is 34.2 Å². The van der Waals surface area contributed by atoms with E-state index in [-0.39, 0.29) is 10.6 Å². The highest BCUT2D eigenvalue weighted by molar-refractivity contribution is 7.89. The zero-order valence-corrected chi connectivity index (χ0v) is 17.4. The normalized spacial score (nSPS) is 15.2. The molecule has 0 saturated carbocycles. The smallest absolute Gasteiger partial charge is 0.378 e.